The van der Waals surface area contributed by atoms with Crippen LogP contribution in [0.3, 0.4) is 0 Å². The molecule has 0 fully saturated rings. The minimum atomic E-state index is -3.13. The summed E-state index contributed by atoms with van der Waals surface area (Å²) in [4.78, 5) is 0. The Morgan fingerprint density at radius 2 is 2.00 bits per heavy atom. The molecular weight excluding hydrogens is 276 g/mol. The molecule has 0 saturated heterocycles. The van der Waals surface area contributed by atoms with E-state index in [4.69, 9.17) is 4.74 Å². The van der Waals surface area contributed by atoms with Crippen LogP contribution >= 0.6 is 0 Å². The number of hydrogen-bond acceptors (Lipinski definition) is 4. The summed E-state index contributed by atoms with van der Waals surface area (Å²) in [6.45, 7) is 5.10. The largest absolute Gasteiger partial charge is 0.487 e. The Labute approximate surface area is 120 Å². The van der Waals surface area contributed by atoms with Gasteiger partial charge in [0, 0.05) is 31.1 Å². The third-order valence-corrected chi connectivity index (χ3v) is 3.98. The average molecular weight is 298 g/mol. The zero-order chi connectivity index (χ0) is 14.8. The second kappa shape index (κ2) is 5.71. The maximum Gasteiger partial charge on any atom is 0.208 e. The molecule has 1 aliphatic heterocycles. The fourth-order valence-electron chi connectivity index (χ4n) is 2.47. The molecule has 2 N–H and O–H groups in total. The van der Waals surface area contributed by atoms with Gasteiger partial charge in [-0.2, -0.15) is 0 Å². The van der Waals surface area contributed by atoms with Crippen molar-refractivity contribution in [3.05, 3.63) is 29.8 Å². The highest BCUT2D eigenvalue weighted by Gasteiger charge is 2.32. The fraction of sp³-hybridized carbons (Fsp3) is 0.571. The molecule has 5 nitrogen and oxygen atoms in total. The van der Waals surface area contributed by atoms with Gasteiger partial charge in [-0.1, -0.05) is 18.2 Å². The highest BCUT2D eigenvalue weighted by Crippen LogP contribution is 2.38. The van der Waals surface area contributed by atoms with Crippen molar-refractivity contribution in [1.29, 1.82) is 0 Å². The predicted octanol–water partition coefficient (Wildman–Crippen LogP) is 1.43. The van der Waals surface area contributed by atoms with Crippen LogP contribution in [0.15, 0.2) is 24.3 Å². The highest BCUT2D eigenvalue weighted by molar-refractivity contribution is 7.88. The summed E-state index contributed by atoms with van der Waals surface area (Å²) in [5.41, 5.74) is 0.905. The molecule has 112 valence electrons. The minimum absolute atomic E-state index is 0.177. The summed E-state index contributed by atoms with van der Waals surface area (Å²) < 4.78 is 30.5. The number of ether oxygens (including phenoxy) is 1. The molecular formula is C14H22N2O3S. The molecule has 0 saturated carbocycles. The first-order valence-corrected chi connectivity index (χ1v) is 8.62. The third-order valence-electron chi connectivity index (χ3n) is 3.26. The van der Waals surface area contributed by atoms with Crippen LogP contribution < -0.4 is 14.8 Å². The standard InChI is InChI=1S/C14H22N2O3S/c1-14(2)10-12(15-8-9-16-20(3,17)18)11-6-4-5-7-13(11)19-14/h4-7,12,15-16H,8-10H2,1-3H3. The van der Waals surface area contributed by atoms with E-state index < -0.39 is 10.0 Å². The SMILES string of the molecule is CC1(C)CC(NCCNS(C)(=O)=O)c2ccccc2O1. The molecule has 1 aromatic carbocycles. The Morgan fingerprint density at radius 1 is 1.30 bits per heavy atom. The second-order valence-electron chi connectivity index (χ2n) is 5.78. The number of hydrogen-bond donors (Lipinski definition) is 2. The molecule has 0 amide bonds. The van der Waals surface area contributed by atoms with Crippen molar-refractivity contribution in [3.8, 4) is 5.75 Å². The van der Waals surface area contributed by atoms with Gasteiger partial charge >= 0.3 is 0 Å². The van der Waals surface area contributed by atoms with Gasteiger partial charge in [-0.15, -0.1) is 0 Å². The summed E-state index contributed by atoms with van der Waals surface area (Å²) in [6.07, 6.45) is 2.02. The van der Waals surface area contributed by atoms with E-state index in [0.29, 0.717) is 13.1 Å². The third kappa shape index (κ3) is 4.19. The van der Waals surface area contributed by atoms with Crippen LogP contribution in [0.4, 0.5) is 0 Å². The molecule has 6 heteroatoms. The van der Waals surface area contributed by atoms with Crippen LogP contribution in [0.1, 0.15) is 31.9 Å². The molecule has 0 aliphatic carbocycles. The molecule has 0 aromatic heterocycles. The Balaban J connectivity index is 2.01. The van der Waals surface area contributed by atoms with Crippen molar-refractivity contribution < 1.29 is 13.2 Å². The fourth-order valence-corrected chi connectivity index (χ4v) is 2.94. The Bertz CT molecular complexity index is 570. The number of rotatable bonds is 5. The van der Waals surface area contributed by atoms with Gasteiger partial charge in [0.2, 0.25) is 10.0 Å². The molecule has 0 spiro atoms. The molecule has 1 heterocycles. The lowest BCUT2D eigenvalue weighted by atomic mass is 9.90. The molecule has 2 rings (SSSR count). The second-order valence-corrected chi connectivity index (χ2v) is 7.61. The van der Waals surface area contributed by atoms with Crippen molar-refractivity contribution in [2.24, 2.45) is 0 Å². The minimum Gasteiger partial charge on any atom is -0.487 e. The molecule has 1 aliphatic rings. The Kier molecular flexibility index (Phi) is 4.36. The number of para-hydroxylation sites is 1. The molecule has 1 aromatic rings. The molecule has 1 atom stereocenters. The molecule has 0 bridgehead atoms. The molecule has 1 unspecified atom stereocenters. The van der Waals surface area contributed by atoms with Gasteiger partial charge in [0.1, 0.15) is 11.4 Å². The van der Waals surface area contributed by atoms with Crippen molar-refractivity contribution in [1.82, 2.24) is 10.0 Å². The first-order valence-electron chi connectivity index (χ1n) is 6.73. The zero-order valence-corrected chi connectivity index (χ0v) is 13.0. The number of benzene rings is 1. The normalized spacial score (nSPS) is 21.1. The van der Waals surface area contributed by atoms with E-state index in [9.17, 15) is 8.42 Å². The van der Waals surface area contributed by atoms with E-state index in [1.807, 2.05) is 24.3 Å². The lowest BCUT2D eigenvalue weighted by molar-refractivity contribution is 0.0662. The van der Waals surface area contributed by atoms with Crippen LogP contribution in [0.2, 0.25) is 0 Å². The summed E-state index contributed by atoms with van der Waals surface area (Å²) in [5.74, 6) is 0.900. The Morgan fingerprint density at radius 3 is 2.70 bits per heavy atom. The van der Waals surface area contributed by atoms with E-state index in [-0.39, 0.29) is 11.6 Å². The monoisotopic (exact) mass is 298 g/mol. The first kappa shape index (κ1) is 15.3. The average Bonchev–Trinajstić information content (AvgIpc) is 2.32. The van der Waals surface area contributed by atoms with Gasteiger partial charge in [-0.3, -0.25) is 0 Å². The van der Waals surface area contributed by atoms with E-state index in [0.717, 1.165) is 17.7 Å². The first-order chi connectivity index (χ1) is 9.27. The van der Waals surface area contributed by atoms with Crippen LogP contribution in [0, 0.1) is 0 Å². The molecule has 20 heavy (non-hydrogen) atoms. The van der Waals surface area contributed by atoms with Gasteiger partial charge in [0.05, 0.1) is 6.26 Å². The van der Waals surface area contributed by atoms with Gasteiger partial charge in [-0.05, 0) is 19.9 Å². The van der Waals surface area contributed by atoms with E-state index in [1.54, 1.807) is 0 Å². The van der Waals surface area contributed by atoms with E-state index in [2.05, 4.69) is 23.9 Å². The maximum absolute atomic E-state index is 11.0. The highest BCUT2D eigenvalue weighted by atomic mass is 32.2. The zero-order valence-electron chi connectivity index (χ0n) is 12.1. The smallest absolute Gasteiger partial charge is 0.208 e. The number of nitrogens with one attached hydrogen (secondary N) is 2. The Hall–Kier alpha value is -1.11. The summed E-state index contributed by atoms with van der Waals surface area (Å²) in [7, 11) is -3.13. The lowest BCUT2D eigenvalue weighted by Gasteiger charge is -2.38. The van der Waals surface area contributed by atoms with E-state index in [1.165, 1.54) is 6.26 Å². The van der Waals surface area contributed by atoms with Crippen molar-refractivity contribution in [2.45, 2.75) is 31.9 Å². The lowest BCUT2D eigenvalue weighted by Crippen LogP contribution is -2.41. The van der Waals surface area contributed by atoms with Crippen LogP contribution in [-0.4, -0.2) is 33.4 Å². The summed E-state index contributed by atoms with van der Waals surface area (Å²) in [6, 6.07) is 8.15. The van der Waals surface area contributed by atoms with Crippen LogP contribution in [0.25, 0.3) is 0 Å². The van der Waals surface area contributed by atoms with Crippen LogP contribution in [-0.2, 0) is 10.0 Å². The van der Waals surface area contributed by atoms with Crippen molar-refractivity contribution in [3.63, 3.8) is 0 Å². The van der Waals surface area contributed by atoms with Crippen molar-refractivity contribution in [2.75, 3.05) is 19.3 Å². The number of fused-ring (bicyclic) bond motifs is 1. The quantitative estimate of drug-likeness (QED) is 0.807. The van der Waals surface area contributed by atoms with E-state index >= 15 is 0 Å². The summed E-state index contributed by atoms with van der Waals surface area (Å²) >= 11 is 0. The van der Waals surface area contributed by atoms with Gasteiger partial charge in [0.25, 0.3) is 0 Å². The number of sulfonamides is 1. The topological polar surface area (TPSA) is 67.4 Å². The van der Waals surface area contributed by atoms with Crippen LogP contribution in [0.5, 0.6) is 5.75 Å². The van der Waals surface area contributed by atoms with Gasteiger partial charge in [-0.25, -0.2) is 13.1 Å². The predicted molar refractivity (Wildman–Crippen MR) is 79.4 cm³/mol. The van der Waals surface area contributed by atoms with Crippen molar-refractivity contribution >= 4 is 10.0 Å². The van der Waals surface area contributed by atoms with Gasteiger partial charge < -0.3 is 10.1 Å². The van der Waals surface area contributed by atoms with Gasteiger partial charge in [0.15, 0.2) is 0 Å². The molecule has 0 radical (unpaired) electrons. The maximum atomic E-state index is 11.0. The summed E-state index contributed by atoms with van der Waals surface area (Å²) in [5, 5.41) is 3.40.